The van der Waals surface area contributed by atoms with Crippen LogP contribution in [0.4, 0.5) is 11.6 Å². The molecule has 2 aromatic rings. The van der Waals surface area contributed by atoms with Crippen LogP contribution in [0.5, 0.6) is 11.5 Å². The van der Waals surface area contributed by atoms with E-state index in [1.807, 2.05) is 18.2 Å². The summed E-state index contributed by atoms with van der Waals surface area (Å²) in [5.74, 6) is 4.13. The summed E-state index contributed by atoms with van der Waals surface area (Å²) in [7, 11) is 3.22. The Labute approximate surface area is 196 Å². The SMILES string of the molecule is COc1ccc(CNC(=O)C2CCN(c3ccc(N4CCC(C)CC4)nn3)CC2)cc1OC. The Kier molecular flexibility index (Phi) is 7.52. The monoisotopic (exact) mass is 453 g/mol. The number of nitrogens with one attached hydrogen (secondary N) is 1. The minimum absolute atomic E-state index is 0.0176. The maximum absolute atomic E-state index is 12.7. The molecule has 8 heteroatoms. The third-order valence-corrected chi connectivity index (χ3v) is 6.85. The molecule has 178 valence electrons. The zero-order valence-corrected chi connectivity index (χ0v) is 19.9. The number of ether oxygens (including phenoxy) is 2. The molecule has 1 aromatic carbocycles. The van der Waals surface area contributed by atoms with E-state index in [2.05, 4.69) is 44.4 Å². The van der Waals surface area contributed by atoms with Gasteiger partial charge in [-0.25, -0.2) is 0 Å². The van der Waals surface area contributed by atoms with E-state index in [1.165, 1.54) is 12.8 Å². The van der Waals surface area contributed by atoms with Crippen LogP contribution >= 0.6 is 0 Å². The van der Waals surface area contributed by atoms with Gasteiger partial charge in [0.1, 0.15) is 0 Å². The fourth-order valence-corrected chi connectivity index (χ4v) is 4.59. The van der Waals surface area contributed by atoms with E-state index >= 15 is 0 Å². The van der Waals surface area contributed by atoms with Crippen LogP contribution < -0.4 is 24.6 Å². The van der Waals surface area contributed by atoms with Gasteiger partial charge in [-0.1, -0.05) is 13.0 Å². The normalized spacial score (nSPS) is 17.7. The maximum atomic E-state index is 12.7. The number of carbonyl (C=O) groups is 1. The Balaban J connectivity index is 1.25. The van der Waals surface area contributed by atoms with Crippen molar-refractivity contribution in [3.8, 4) is 11.5 Å². The van der Waals surface area contributed by atoms with Crippen LogP contribution in [-0.4, -0.2) is 56.5 Å². The Hall–Kier alpha value is -3.03. The Morgan fingerprint density at radius 1 is 0.909 bits per heavy atom. The second kappa shape index (κ2) is 10.7. The molecule has 2 fully saturated rings. The molecule has 0 radical (unpaired) electrons. The van der Waals surface area contributed by atoms with Gasteiger partial charge in [0.2, 0.25) is 5.91 Å². The summed E-state index contributed by atoms with van der Waals surface area (Å²) < 4.78 is 10.6. The Bertz CT molecular complexity index is 920. The average Bonchev–Trinajstić information content (AvgIpc) is 2.87. The number of amides is 1. The van der Waals surface area contributed by atoms with Gasteiger partial charge in [-0.05, 0) is 61.4 Å². The van der Waals surface area contributed by atoms with Crippen molar-refractivity contribution in [2.45, 2.75) is 39.2 Å². The van der Waals surface area contributed by atoms with Gasteiger partial charge in [0.05, 0.1) is 14.2 Å². The molecule has 4 rings (SSSR count). The highest BCUT2D eigenvalue weighted by Gasteiger charge is 2.26. The number of aromatic nitrogens is 2. The van der Waals surface area contributed by atoms with Gasteiger partial charge in [-0.2, -0.15) is 0 Å². The van der Waals surface area contributed by atoms with Crippen LogP contribution in [0.2, 0.25) is 0 Å². The van der Waals surface area contributed by atoms with Crippen molar-refractivity contribution in [1.82, 2.24) is 15.5 Å². The van der Waals surface area contributed by atoms with Crippen molar-refractivity contribution in [2.24, 2.45) is 11.8 Å². The molecular formula is C25H35N5O3. The first kappa shape index (κ1) is 23.1. The molecule has 2 saturated heterocycles. The minimum Gasteiger partial charge on any atom is -0.493 e. The number of methoxy groups -OCH3 is 2. The van der Waals surface area contributed by atoms with Crippen LogP contribution in [0.15, 0.2) is 30.3 Å². The number of piperidine rings is 2. The predicted octanol–water partition coefficient (Wildman–Crippen LogP) is 3.26. The number of anilines is 2. The van der Waals surface area contributed by atoms with Gasteiger partial charge in [-0.3, -0.25) is 4.79 Å². The van der Waals surface area contributed by atoms with Crippen molar-refractivity contribution in [3.05, 3.63) is 35.9 Å². The first-order valence-corrected chi connectivity index (χ1v) is 11.9. The molecule has 3 heterocycles. The molecule has 33 heavy (non-hydrogen) atoms. The van der Waals surface area contributed by atoms with E-state index in [1.54, 1.807) is 14.2 Å². The number of carbonyl (C=O) groups excluding carboxylic acids is 1. The smallest absolute Gasteiger partial charge is 0.223 e. The molecule has 1 aromatic heterocycles. The lowest BCUT2D eigenvalue weighted by molar-refractivity contribution is -0.125. The van der Waals surface area contributed by atoms with Gasteiger partial charge in [0, 0.05) is 38.6 Å². The molecule has 2 aliphatic heterocycles. The molecule has 2 aliphatic rings. The largest absolute Gasteiger partial charge is 0.493 e. The summed E-state index contributed by atoms with van der Waals surface area (Å²) in [5, 5.41) is 12.0. The van der Waals surface area contributed by atoms with E-state index < -0.39 is 0 Å². The van der Waals surface area contributed by atoms with E-state index in [9.17, 15) is 4.79 Å². The van der Waals surface area contributed by atoms with Crippen LogP contribution in [-0.2, 0) is 11.3 Å². The molecule has 1 amide bonds. The average molecular weight is 454 g/mol. The second-order valence-corrected chi connectivity index (χ2v) is 9.09. The van der Waals surface area contributed by atoms with Crippen LogP contribution in [0, 0.1) is 11.8 Å². The summed E-state index contributed by atoms with van der Waals surface area (Å²) in [4.78, 5) is 17.3. The van der Waals surface area contributed by atoms with Crippen molar-refractivity contribution >= 4 is 17.5 Å². The zero-order chi connectivity index (χ0) is 23.2. The topological polar surface area (TPSA) is 79.8 Å². The van der Waals surface area contributed by atoms with Gasteiger partial charge in [0.25, 0.3) is 0 Å². The van der Waals surface area contributed by atoms with Crippen molar-refractivity contribution in [1.29, 1.82) is 0 Å². The van der Waals surface area contributed by atoms with E-state index in [0.29, 0.717) is 18.0 Å². The molecule has 0 bridgehead atoms. The van der Waals surface area contributed by atoms with Gasteiger partial charge >= 0.3 is 0 Å². The zero-order valence-electron chi connectivity index (χ0n) is 19.9. The van der Waals surface area contributed by atoms with E-state index in [0.717, 1.165) is 62.1 Å². The minimum atomic E-state index is 0.0176. The molecule has 0 atom stereocenters. The standard InChI is InChI=1S/C25H35N5O3/c1-18-8-12-29(13-9-18)23-6-7-24(28-27-23)30-14-10-20(11-15-30)25(31)26-17-19-4-5-21(32-2)22(16-19)33-3/h4-7,16,18,20H,8-15,17H2,1-3H3,(H,26,31). The van der Waals surface area contributed by atoms with Crippen LogP contribution in [0.1, 0.15) is 38.2 Å². The van der Waals surface area contributed by atoms with Gasteiger partial charge in [-0.15, -0.1) is 10.2 Å². The van der Waals surface area contributed by atoms with Crippen molar-refractivity contribution < 1.29 is 14.3 Å². The molecule has 0 spiro atoms. The van der Waals surface area contributed by atoms with E-state index in [-0.39, 0.29) is 11.8 Å². The van der Waals surface area contributed by atoms with Crippen LogP contribution in [0.25, 0.3) is 0 Å². The summed E-state index contributed by atoms with van der Waals surface area (Å²) in [6.07, 6.45) is 4.05. The fourth-order valence-electron chi connectivity index (χ4n) is 4.59. The maximum Gasteiger partial charge on any atom is 0.223 e. The molecule has 0 aliphatic carbocycles. The second-order valence-electron chi connectivity index (χ2n) is 9.09. The summed E-state index contributed by atoms with van der Waals surface area (Å²) in [6, 6.07) is 9.85. The highest BCUT2D eigenvalue weighted by molar-refractivity contribution is 5.79. The molecule has 1 N–H and O–H groups in total. The van der Waals surface area contributed by atoms with Crippen molar-refractivity contribution in [3.63, 3.8) is 0 Å². The number of rotatable bonds is 7. The Morgan fingerprint density at radius 3 is 2.03 bits per heavy atom. The quantitative estimate of drug-likeness (QED) is 0.689. The summed E-state index contributed by atoms with van der Waals surface area (Å²) >= 11 is 0. The number of nitrogens with zero attached hydrogens (tertiary/aromatic N) is 4. The van der Waals surface area contributed by atoms with Gasteiger partial charge in [0.15, 0.2) is 23.1 Å². The summed E-state index contributed by atoms with van der Waals surface area (Å²) in [6.45, 7) is 6.51. The fraction of sp³-hybridized carbons (Fsp3) is 0.560. The number of hydrogen-bond acceptors (Lipinski definition) is 7. The molecule has 0 unspecified atom stereocenters. The Morgan fingerprint density at radius 2 is 1.48 bits per heavy atom. The number of benzene rings is 1. The molecular weight excluding hydrogens is 418 g/mol. The third-order valence-electron chi connectivity index (χ3n) is 6.85. The lowest BCUT2D eigenvalue weighted by atomic mass is 9.96. The summed E-state index contributed by atoms with van der Waals surface area (Å²) in [5.41, 5.74) is 0.983. The van der Waals surface area contributed by atoms with Crippen molar-refractivity contribution in [2.75, 3.05) is 50.2 Å². The molecule has 8 nitrogen and oxygen atoms in total. The predicted molar refractivity (Wildman–Crippen MR) is 129 cm³/mol. The van der Waals surface area contributed by atoms with E-state index in [4.69, 9.17) is 9.47 Å². The highest BCUT2D eigenvalue weighted by atomic mass is 16.5. The third kappa shape index (κ3) is 5.67. The highest BCUT2D eigenvalue weighted by Crippen LogP contribution is 2.28. The first-order chi connectivity index (χ1) is 16.1. The lowest BCUT2D eigenvalue weighted by Crippen LogP contribution is -2.40. The molecule has 0 saturated carbocycles. The van der Waals surface area contributed by atoms with Crippen LogP contribution in [0.3, 0.4) is 0 Å². The van der Waals surface area contributed by atoms with Gasteiger partial charge < -0.3 is 24.6 Å². The lowest BCUT2D eigenvalue weighted by Gasteiger charge is -2.33. The number of hydrogen-bond donors (Lipinski definition) is 1. The first-order valence-electron chi connectivity index (χ1n) is 11.9.